The van der Waals surface area contributed by atoms with Gasteiger partial charge in [-0.15, -0.1) is 45.3 Å². The molecule has 2 aromatic carbocycles. The lowest BCUT2D eigenvalue weighted by Crippen LogP contribution is -2.34. The highest BCUT2D eigenvalue weighted by Crippen LogP contribution is 2.50. The van der Waals surface area contributed by atoms with Crippen molar-refractivity contribution in [1.29, 1.82) is 0 Å². The van der Waals surface area contributed by atoms with E-state index in [9.17, 15) is 0 Å². The smallest absolute Gasteiger partial charge is 0.261 e. The van der Waals surface area contributed by atoms with Crippen LogP contribution in [-0.4, -0.2) is 34.7 Å². The summed E-state index contributed by atoms with van der Waals surface area (Å²) in [5, 5.41) is 5.23. The number of carbonyl (C=O) groups excluding carboxylic acids is 2. The summed E-state index contributed by atoms with van der Waals surface area (Å²) in [6, 6.07) is 23.1. The molecule has 4 aromatic heterocycles. The van der Waals surface area contributed by atoms with Crippen LogP contribution in [0.5, 0.6) is 0 Å². The van der Waals surface area contributed by atoms with Gasteiger partial charge in [0, 0.05) is 63.3 Å². The molecule has 2 unspecified atom stereocenters. The largest absolute Gasteiger partial charge is 0.311 e. The van der Waals surface area contributed by atoms with Gasteiger partial charge in [-0.05, 0) is 98.5 Å². The monoisotopic (exact) mass is 1240 g/mol. The van der Waals surface area contributed by atoms with Crippen molar-refractivity contribution in [3.63, 3.8) is 0 Å². The lowest BCUT2D eigenvalue weighted by molar-refractivity contribution is -0.125. The van der Waals surface area contributed by atoms with E-state index >= 15 is 9.59 Å². The van der Waals surface area contributed by atoms with Gasteiger partial charge in [0.2, 0.25) is 0 Å². The minimum atomic E-state index is 0.0715. The highest BCUT2D eigenvalue weighted by molar-refractivity contribution is 7.28. The van der Waals surface area contributed by atoms with Gasteiger partial charge < -0.3 is 9.80 Å². The number of unbranched alkanes of at least 4 members (excludes halogenated alkanes) is 32. The van der Waals surface area contributed by atoms with Crippen LogP contribution in [0.25, 0.3) is 56.2 Å². The Morgan fingerprint density at radius 2 is 0.674 bits per heavy atom. The van der Waals surface area contributed by atoms with Crippen molar-refractivity contribution in [2.75, 3.05) is 13.1 Å². The molecule has 0 aliphatic carbocycles. The summed E-state index contributed by atoms with van der Waals surface area (Å²) in [6.45, 7) is 15.0. The molecular weight excluding hydrogens is 1130 g/mol. The molecule has 6 aromatic rings. The molecule has 472 valence electrons. The summed E-state index contributed by atoms with van der Waals surface area (Å²) < 4.78 is 2.69. The molecule has 0 bridgehead atoms. The molecule has 86 heavy (non-hydrogen) atoms. The summed E-state index contributed by atoms with van der Waals surface area (Å²) >= 11 is 7.48. The van der Waals surface area contributed by atoms with Crippen molar-refractivity contribution in [3.05, 3.63) is 87.3 Å². The van der Waals surface area contributed by atoms with E-state index in [0.717, 1.165) is 48.5 Å². The van der Waals surface area contributed by atoms with Crippen molar-refractivity contribution in [3.8, 4) is 19.5 Å². The Hall–Kier alpha value is -3.56. The summed E-state index contributed by atoms with van der Waals surface area (Å²) in [5.74, 6) is 0.988. The number of rotatable bonds is 47. The van der Waals surface area contributed by atoms with Crippen LogP contribution < -0.4 is 0 Å². The van der Waals surface area contributed by atoms with E-state index in [1.54, 1.807) is 11.3 Å². The first-order chi connectivity index (χ1) is 42.2. The van der Waals surface area contributed by atoms with E-state index in [4.69, 9.17) is 0 Å². The van der Waals surface area contributed by atoms with Crippen molar-refractivity contribution in [2.45, 2.75) is 298 Å². The number of benzene rings is 2. The van der Waals surface area contributed by atoms with Crippen LogP contribution in [0.2, 0.25) is 0 Å². The lowest BCUT2D eigenvalue weighted by atomic mass is 9.93. The quantitative estimate of drug-likeness (QED) is 0.0357. The molecule has 0 spiro atoms. The van der Waals surface area contributed by atoms with Gasteiger partial charge in [0.05, 0.1) is 21.7 Å². The van der Waals surface area contributed by atoms with Crippen LogP contribution in [0.3, 0.4) is 0 Å². The topological polar surface area (TPSA) is 40.6 Å². The number of thiophene rings is 4. The highest BCUT2D eigenvalue weighted by atomic mass is 32.1. The van der Waals surface area contributed by atoms with Crippen molar-refractivity contribution >= 4 is 93.8 Å². The summed E-state index contributed by atoms with van der Waals surface area (Å²) in [4.78, 5) is 43.0. The highest BCUT2D eigenvalue weighted by Gasteiger charge is 2.48. The average Bonchev–Trinajstić information content (AvgIpc) is 2.18. The molecule has 2 atom stereocenters. The molecule has 2 amide bonds. The normalized spacial score (nSPS) is 14.5. The number of amides is 2. The number of aryl methyl sites for hydroxylation is 1. The molecule has 8 heteroatoms. The van der Waals surface area contributed by atoms with Crippen molar-refractivity contribution < 1.29 is 9.59 Å². The van der Waals surface area contributed by atoms with Gasteiger partial charge in [-0.2, -0.15) is 0 Å². The minimum absolute atomic E-state index is 0.0715. The molecule has 0 radical (unpaired) electrons. The SMILES string of the molecule is CCCCCCCCCCCCC(CCCCCCCCCC)CN1C(=O)C2=C(c3ccc(-c4cc5ccc6c(ccc7cc(-c8ccc(C)s8)sc76)c5s4)s3)N(CC(CCCCCCCCCC)CCCCCCCCCCCC)C(=O)C2=C1C. The van der Waals surface area contributed by atoms with Crippen LogP contribution >= 0.6 is 45.3 Å². The maximum atomic E-state index is 15.6. The molecule has 2 aliphatic heterocycles. The number of nitrogens with zero attached hydrogens (tertiary/aromatic N) is 2. The second-order valence-corrected chi connectivity index (χ2v) is 31.1. The molecule has 8 rings (SSSR count). The predicted molar refractivity (Wildman–Crippen MR) is 383 cm³/mol. The third-order valence-electron chi connectivity index (χ3n) is 19.4. The Morgan fingerprint density at radius 1 is 0.337 bits per heavy atom. The Balaban J connectivity index is 1.05. The first-order valence-electron chi connectivity index (χ1n) is 35.9. The van der Waals surface area contributed by atoms with Gasteiger partial charge >= 0.3 is 0 Å². The van der Waals surface area contributed by atoms with E-state index in [1.165, 1.54) is 286 Å². The molecule has 2 aliphatic rings. The Bertz CT molecular complexity index is 3030. The number of fused-ring (bicyclic) bond motifs is 6. The lowest BCUT2D eigenvalue weighted by Gasteiger charge is -2.29. The summed E-state index contributed by atoms with van der Waals surface area (Å²) in [7, 11) is 0. The Labute approximate surface area is 539 Å². The Kier molecular flexibility index (Phi) is 29.9. The summed E-state index contributed by atoms with van der Waals surface area (Å²) in [6.07, 6.45) is 52.3. The fourth-order valence-electron chi connectivity index (χ4n) is 14.2. The molecule has 0 saturated carbocycles. The molecule has 6 heterocycles. The van der Waals surface area contributed by atoms with E-state index in [0.29, 0.717) is 29.5 Å². The second-order valence-electron chi connectivity index (χ2n) is 26.6. The van der Waals surface area contributed by atoms with E-state index in [2.05, 4.69) is 112 Å². The van der Waals surface area contributed by atoms with E-state index < -0.39 is 0 Å². The minimum Gasteiger partial charge on any atom is -0.311 e. The van der Waals surface area contributed by atoms with Crippen LogP contribution in [-0.2, 0) is 9.59 Å². The van der Waals surface area contributed by atoms with Crippen LogP contribution in [0.15, 0.2) is 77.5 Å². The van der Waals surface area contributed by atoms with Crippen LogP contribution in [0.1, 0.15) is 301 Å². The second kappa shape index (κ2) is 37.6. The average molecular weight is 1240 g/mol. The zero-order chi connectivity index (χ0) is 60.3. The third kappa shape index (κ3) is 19.7. The number of hydrogen-bond donors (Lipinski definition) is 0. The zero-order valence-electron chi connectivity index (χ0n) is 55.0. The molecular formula is C78H114N2O2S4. The zero-order valence-corrected chi connectivity index (χ0v) is 58.2. The van der Waals surface area contributed by atoms with E-state index in [-0.39, 0.29) is 11.8 Å². The van der Waals surface area contributed by atoms with Gasteiger partial charge in [-0.1, -0.05) is 283 Å². The molecule has 4 nitrogen and oxygen atoms in total. The standard InChI is InChI=1S/C78H114N2O2S4/c1-7-11-15-19-23-27-29-33-37-40-44-61(43-39-35-31-25-21-17-13-9-3)57-79-60(6)72-73(78(79)82)74(80(77(72)81)58-62(45-41-36-32-26-22-18-14-10-4)46-42-38-34-30-28-24-20-16-12-8-2)69-54-53-68(84-69)71-56-64-49-51-65-66(76(64)86-71)50-48-63-55-70(85-75(63)65)67-52-47-59(5)83-67/h47-56,61-62H,7-46,57-58H2,1-6H3. The first-order valence-corrected chi connectivity index (χ1v) is 39.2. The van der Waals surface area contributed by atoms with Gasteiger partial charge in [0.15, 0.2) is 0 Å². The number of carbonyl (C=O) groups is 2. The molecule has 0 N–H and O–H groups in total. The predicted octanol–water partition coefficient (Wildman–Crippen LogP) is 26.6. The fourth-order valence-corrected chi connectivity index (χ4v) is 18.6. The van der Waals surface area contributed by atoms with Gasteiger partial charge in [0.25, 0.3) is 11.8 Å². The maximum absolute atomic E-state index is 15.6. The van der Waals surface area contributed by atoms with Crippen molar-refractivity contribution in [1.82, 2.24) is 9.80 Å². The van der Waals surface area contributed by atoms with Crippen LogP contribution in [0.4, 0.5) is 0 Å². The van der Waals surface area contributed by atoms with Crippen LogP contribution in [0, 0.1) is 18.8 Å². The van der Waals surface area contributed by atoms with Gasteiger partial charge in [-0.25, -0.2) is 0 Å². The van der Waals surface area contributed by atoms with Gasteiger partial charge in [0.1, 0.15) is 0 Å². The first kappa shape index (κ1) is 68.4. The number of allylic oxidation sites excluding steroid dienone is 1. The van der Waals surface area contributed by atoms with E-state index in [1.807, 2.05) is 34.0 Å². The molecule has 0 fully saturated rings. The molecule has 0 saturated heterocycles. The maximum Gasteiger partial charge on any atom is 0.261 e. The van der Waals surface area contributed by atoms with Crippen molar-refractivity contribution in [2.24, 2.45) is 11.8 Å². The fraction of sp³-hybridized carbons (Fsp3) is 0.641. The number of hydrogen-bond acceptors (Lipinski definition) is 6. The Morgan fingerprint density at radius 3 is 1.06 bits per heavy atom. The third-order valence-corrected chi connectivity index (χ3v) is 24.3. The van der Waals surface area contributed by atoms with Gasteiger partial charge in [-0.3, -0.25) is 9.59 Å². The summed E-state index contributed by atoms with van der Waals surface area (Å²) in [5.41, 5.74) is 3.18.